The Morgan fingerprint density at radius 1 is 1.50 bits per heavy atom. The van der Waals surface area contributed by atoms with E-state index >= 15 is 0 Å². The van der Waals surface area contributed by atoms with E-state index in [0.29, 0.717) is 10.6 Å². The molecule has 1 unspecified atom stereocenters. The second-order valence-electron chi connectivity index (χ2n) is 4.65. The minimum Gasteiger partial charge on any atom is -0.229 e. The molecule has 0 amide bonds. The number of sulfone groups is 1. The second-order valence-corrected chi connectivity index (χ2v) is 7.27. The van der Waals surface area contributed by atoms with Gasteiger partial charge in [0.05, 0.1) is 23.0 Å². The lowest BCUT2D eigenvalue weighted by Gasteiger charge is -2.19. The van der Waals surface area contributed by atoms with E-state index in [-0.39, 0.29) is 24.3 Å². The number of hydrogen-bond donors (Lipinski definition) is 0. The van der Waals surface area contributed by atoms with Crippen LogP contribution in [0.1, 0.15) is 12.0 Å². The van der Waals surface area contributed by atoms with Gasteiger partial charge in [0, 0.05) is 5.02 Å². The Labute approximate surface area is 110 Å². The average Bonchev–Trinajstić information content (AvgIpc) is 2.60. The summed E-state index contributed by atoms with van der Waals surface area (Å²) in [5, 5.41) is 9.58. The summed E-state index contributed by atoms with van der Waals surface area (Å²) in [7, 11) is -3.19. The second kappa shape index (κ2) is 4.52. The number of benzene rings is 1. The number of rotatable bonds is 2. The van der Waals surface area contributed by atoms with Gasteiger partial charge in [-0.15, -0.1) is 0 Å². The average molecular weight is 288 g/mol. The molecule has 0 saturated carbocycles. The molecule has 1 heterocycles. The van der Waals surface area contributed by atoms with Gasteiger partial charge in [-0.3, -0.25) is 0 Å². The van der Waals surface area contributed by atoms with Crippen LogP contribution in [0.2, 0.25) is 5.02 Å². The van der Waals surface area contributed by atoms with Crippen molar-refractivity contribution in [2.75, 3.05) is 11.5 Å². The molecule has 1 saturated heterocycles. The molecular weight excluding hydrogens is 277 g/mol. The van der Waals surface area contributed by atoms with Crippen LogP contribution < -0.4 is 0 Å². The van der Waals surface area contributed by atoms with Gasteiger partial charge in [0.2, 0.25) is 0 Å². The Kier molecular flexibility index (Phi) is 3.35. The molecule has 1 fully saturated rings. The lowest BCUT2D eigenvalue weighted by molar-refractivity contribution is 0.439. The van der Waals surface area contributed by atoms with Gasteiger partial charge in [0.15, 0.2) is 9.84 Å². The molecule has 2 rings (SSSR count). The summed E-state index contributed by atoms with van der Waals surface area (Å²) in [6, 6.07) is 6.13. The normalized spacial score (nSPS) is 25.8. The van der Waals surface area contributed by atoms with Crippen LogP contribution in [0.4, 0.5) is 4.39 Å². The monoisotopic (exact) mass is 287 g/mol. The van der Waals surface area contributed by atoms with Crippen molar-refractivity contribution < 1.29 is 12.8 Å². The first kappa shape index (κ1) is 13.3. The smallest absolute Gasteiger partial charge is 0.151 e. The zero-order chi connectivity index (χ0) is 13.4. The van der Waals surface area contributed by atoms with Gasteiger partial charge >= 0.3 is 0 Å². The first-order valence-electron chi connectivity index (χ1n) is 5.41. The lowest BCUT2D eigenvalue weighted by Crippen LogP contribution is -2.23. The minimum absolute atomic E-state index is 0.0112. The summed E-state index contributed by atoms with van der Waals surface area (Å²) in [5.41, 5.74) is -0.731. The molecular formula is C12H11ClFNO2S. The molecule has 1 aromatic carbocycles. The van der Waals surface area contributed by atoms with Gasteiger partial charge < -0.3 is 0 Å². The third-order valence-electron chi connectivity index (χ3n) is 3.16. The Hall–Kier alpha value is -1.12. The van der Waals surface area contributed by atoms with Crippen molar-refractivity contribution in [1.29, 1.82) is 5.26 Å². The van der Waals surface area contributed by atoms with Crippen LogP contribution in [-0.2, 0) is 16.3 Å². The van der Waals surface area contributed by atoms with Crippen molar-refractivity contribution in [2.45, 2.75) is 12.8 Å². The minimum atomic E-state index is -3.19. The molecule has 0 N–H and O–H groups in total. The van der Waals surface area contributed by atoms with Crippen LogP contribution in [-0.4, -0.2) is 19.9 Å². The number of nitrogens with zero attached hydrogens (tertiary/aromatic N) is 1. The van der Waals surface area contributed by atoms with E-state index < -0.39 is 21.1 Å². The molecule has 1 aromatic rings. The van der Waals surface area contributed by atoms with E-state index in [1.54, 1.807) is 0 Å². The molecule has 0 bridgehead atoms. The summed E-state index contributed by atoms with van der Waals surface area (Å²) in [6.45, 7) is 0. The molecule has 1 aliphatic rings. The van der Waals surface area contributed by atoms with Crippen LogP contribution in [0.15, 0.2) is 18.2 Å². The molecule has 1 atom stereocenters. The third kappa shape index (κ3) is 2.65. The lowest BCUT2D eigenvalue weighted by atomic mass is 9.82. The van der Waals surface area contributed by atoms with E-state index in [0.717, 1.165) is 0 Å². The summed E-state index contributed by atoms with van der Waals surface area (Å²) < 4.78 is 36.6. The predicted molar refractivity (Wildman–Crippen MR) is 66.4 cm³/mol. The molecule has 18 heavy (non-hydrogen) atoms. The van der Waals surface area contributed by atoms with Crippen LogP contribution >= 0.6 is 11.6 Å². The summed E-state index contributed by atoms with van der Waals surface area (Å²) in [4.78, 5) is 0. The Morgan fingerprint density at radius 3 is 2.78 bits per heavy atom. The fourth-order valence-electron chi connectivity index (χ4n) is 2.23. The summed E-state index contributed by atoms with van der Waals surface area (Å²) in [5.74, 6) is -0.677. The molecule has 96 valence electrons. The maximum absolute atomic E-state index is 13.6. The highest BCUT2D eigenvalue weighted by Gasteiger charge is 2.43. The molecule has 0 aromatic heterocycles. The van der Waals surface area contributed by atoms with Crippen molar-refractivity contribution in [3.63, 3.8) is 0 Å². The quantitative estimate of drug-likeness (QED) is 0.839. The summed E-state index contributed by atoms with van der Waals surface area (Å²) >= 11 is 5.78. The molecule has 1 aliphatic heterocycles. The van der Waals surface area contributed by atoms with Crippen molar-refractivity contribution in [3.05, 3.63) is 34.6 Å². The van der Waals surface area contributed by atoms with E-state index in [9.17, 15) is 18.1 Å². The molecule has 0 radical (unpaired) electrons. The highest BCUT2D eigenvalue weighted by Crippen LogP contribution is 2.36. The highest BCUT2D eigenvalue weighted by molar-refractivity contribution is 7.91. The van der Waals surface area contributed by atoms with Crippen LogP contribution in [0, 0.1) is 22.6 Å². The number of hydrogen-bond acceptors (Lipinski definition) is 3. The maximum Gasteiger partial charge on any atom is 0.151 e. The molecule has 6 heteroatoms. The number of halogens is 2. The van der Waals surface area contributed by atoms with Crippen molar-refractivity contribution >= 4 is 21.4 Å². The topological polar surface area (TPSA) is 57.9 Å². The van der Waals surface area contributed by atoms with Crippen LogP contribution in [0.5, 0.6) is 0 Å². The van der Waals surface area contributed by atoms with Crippen LogP contribution in [0.3, 0.4) is 0 Å². The Bertz CT molecular complexity index is 623. The van der Waals surface area contributed by atoms with Gasteiger partial charge in [0.25, 0.3) is 0 Å². The largest absolute Gasteiger partial charge is 0.229 e. The van der Waals surface area contributed by atoms with Gasteiger partial charge in [-0.1, -0.05) is 11.6 Å². The number of nitriles is 1. The molecule has 0 aliphatic carbocycles. The van der Waals surface area contributed by atoms with Crippen molar-refractivity contribution in [2.24, 2.45) is 5.41 Å². The fourth-order valence-corrected chi connectivity index (χ4v) is 4.42. The Balaban J connectivity index is 2.33. The van der Waals surface area contributed by atoms with E-state index in [2.05, 4.69) is 0 Å². The van der Waals surface area contributed by atoms with Crippen molar-refractivity contribution in [1.82, 2.24) is 0 Å². The zero-order valence-corrected chi connectivity index (χ0v) is 11.1. The first-order chi connectivity index (χ1) is 8.36. The van der Waals surface area contributed by atoms with Gasteiger partial charge in [-0.2, -0.15) is 5.26 Å². The van der Waals surface area contributed by atoms with Crippen LogP contribution in [0.25, 0.3) is 0 Å². The fraction of sp³-hybridized carbons (Fsp3) is 0.417. The maximum atomic E-state index is 13.6. The van der Waals surface area contributed by atoms with Gasteiger partial charge in [0.1, 0.15) is 5.82 Å². The first-order valence-corrected chi connectivity index (χ1v) is 7.61. The summed E-state index contributed by atoms with van der Waals surface area (Å²) in [6.07, 6.45) is 0.326. The van der Waals surface area contributed by atoms with E-state index in [4.69, 9.17) is 11.6 Å². The van der Waals surface area contributed by atoms with Crippen molar-refractivity contribution in [3.8, 4) is 6.07 Å². The zero-order valence-electron chi connectivity index (χ0n) is 9.49. The SMILES string of the molecule is N#CC1(Cc2cc(Cl)ccc2F)CCS(=O)(=O)C1. The van der Waals surface area contributed by atoms with Gasteiger partial charge in [-0.25, -0.2) is 12.8 Å². The molecule has 3 nitrogen and oxygen atoms in total. The van der Waals surface area contributed by atoms with E-state index in [1.807, 2.05) is 6.07 Å². The van der Waals surface area contributed by atoms with Gasteiger partial charge in [-0.05, 0) is 36.6 Å². The Morgan fingerprint density at radius 2 is 2.22 bits per heavy atom. The van der Waals surface area contributed by atoms with E-state index in [1.165, 1.54) is 18.2 Å². The predicted octanol–water partition coefficient (Wildman–Crippen LogP) is 2.35. The molecule has 0 spiro atoms. The standard InChI is InChI=1S/C12H11ClFNO2S/c13-10-1-2-11(14)9(5-10)6-12(7-15)3-4-18(16,17)8-12/h1-2,5H,3-4,6,8H2. The third-order valence-corrected chi connectivity index (χ3v) is 5.22. The highest BCUT2D eigenvalue weighted by atomic mass is 35.5.